The van der Waals surface area contributed by atoms with Crippen LogP contribution in [0.4, 0.5) is 19.9 Å². The van der Waals surface area contributed by atoms with Crippen LogP contribution in [0.25, 0.3) is 0 Å². The van der Waals surface area contributed by atoms with Crippen molar-refractivity contribution in [3.05, 3.63) is 35.4 Å². The number of hydrogen-bond donors (Lipinski definition) is 2. The number of nitrogens with zero attached hydrogens (tertiary/aromatic N) is 2. The maximum Gasteiger partial charge on any atom is 0.233 e. The van der Waals surface area contributed by atoms with Gasteiger partial charge in [-0.1, -0.05) is 6.07 Å². The highest BCUT2D eigenvalue weighted by atomic mass is 32.1. The van der Waals surface area contributed by atoms with Gasteiger partial charge in [-0.05, 0) is 6.07 Å². The fraction of sp³-hybridized carbons (Fsp3) is 0.111. The van der Waals surface area contributed by atoms with Crippen LogP contribution < -0.4 is 11.1 Å². The zero-order valence-corrected chi connectivity index (χ0v) is 8.89. The Hall–Kier alpha value is -1.76. The standard InChI is InChI=1S/C9H8F2N4S/c10-6-2-1-5(7(11)3-6)4-13-9-14-8(12)15-16-9/h1-3H,4H2,(H3,12,13,14,15). The lowest BCUT2D eigenvalue weighted by molar-refractivity contribution is 0.574. The SMILES string of the molecule is Nc1nsc(NCc2ccc(F)cc2F)n1. The van der Waals surface area contributed by atoms with Gasteiger partial charge in [0.05, 0.1) is 0 Å². The Morgan fingerprint density at radius 1 is 1.38 bits per heavy atom. The number of benzene rings is 1. The van der Waals surface area contributed by atoms with Crippen LogP contribution in [0.3, 0.4) is 0 Å². The molecule has 2 aromatic rings. The molecule has 1 aromatic carbocycles. The van der Waals surface area contributed by atoms with Crippen molar-refractivity contribution in [2.45, 2.75) is 6.54 Å². The normalized spacial score (nSPS) is 10.4. The van der Waals surface area contributed by atoms with Gasteiger partial charge in [0.1, 0.15) is 11.6 Å². The summed E-state index contributed by atoms with van der Waals surface area (Å²) in [5, 5.41) is 3.35. The van der Waals surface area contributed by atoms with Crippen LogP contribution in [0.5, 0.6) is 0 Å². The van der Waals surface area contributed by atoms with Gasteiger partial charge in [0.15, 0.2) is 0 Å². The number of rotatable bonds is 3. The fourth-order valence-corrected chi connectivity index (χ4v) is 1.63. The average Bonchev–Trinajstić information content (AvgIpc) is 2.63. The summed E-state index contributed by atoms with van der Waals surface area (Å²) in [6.45, 7) is 0.209. The van der Waals surface area contributed by atoms with E-state index in [2.05, 4.69) is 14.7 Å². The second-order valence-corrected chi connectivity index (χ2v) is 3.80. The monoisotopic (exact) mass is 242 g/mol. The van der Waals surface area contributed by atoms with Crippen molar-refractivity contribution in [3.8, 4) is 0 Å². The van der Waals surface area contributed by atoms with Crippen LogP contribution in [0.15, 0.2) is 18.2 Å². The molecule has 0 aliphatic heterocycles. The van der Waals surface area contributed by atoms with Gasteiger partial charge in [0, 0.05) is 29.7 Å². The number of nitrogens with two attached hydrogens (primary N) is 1. The molecular formula is C9H8F2N4S. The number of nitrogens with one attached hydrogen (secondary N) is 1. The number of halogens is 2. The summed E-state index contributed by atoms with van der Waals surface area (Å²) in [5.74, 6) is -1.02. The quantitative estimate of drug-likeness (QED) is 0.864. The second kappa shape index (κ2) is 4.40. The molecule has 0 spiro atoms. The van der Waals surface area contributed by atoms with Crippen LogP contribution >= 0.6 is 11.5 Å². The van der Waals surface area contributed by atoms with E-state index >= 15 is 0 Å². The minimum atomic E-state index is -0.596. The molecule has 0 aliphatic rings. The van der Waals surface area contributed by atoms with Crippen LogP contribution in [-0.4, -0.2) is 9.36 Å². The largest absolute Gasteiger partial charge is 0.367 e. The molecule has 0 bridgehead atoms. The van der Waals surface area contributed by atoms with Gasteiger partial charge in [-0.15, -0.1) is 0 Å². The maximum absolute atomic E-state index is 13.2. The van der Waals surface area contributed by atoms with Crippen molar-refractivity contribution in [1.82, 2.24) is 9.36 Å². The highest BCUT2D eigenvalue weighted by Crippen LogP contribution is 2.15. The summed E-state index contributed by atoms with van der Waals surface area (Å²) in [7, 11) is 0. The summed E-state index contributed by atoms with van der Waals surface area (Å²) in [6, 6.07) is 3.42. The van der Waals surface area contributed by atoms with Crippen molar-refractivity contribution >= 4 is 22.6 Å². The Bertz CT molecular complexity index is 500. The van der Waals surface area contributed by atoms with E-state index in [1.54, 1.807) is 0 Å². The molecule has 0 saturated heterocycles. The third-order valence-corrected chi connectivity index (χ3v) is 2.57. The number of anilines is 2. The fourth-order valence-electron chi connectivity index (χ4n) is 1.14. The smallest absolute Gasteiger partial charge is 0.233 e. The lowest BCUT2D eigenvalue weighted by Crippen LogP contribution is -2.02. The summed E-state index contributed by atoms with van der Waals surface area (Å²) < 4.78 is 29.6. The first-order valence-corrected chi connectivity index (χ1v) is 5.19. The van der Waals surface area contributed by atoms with Gasteiger partial charge < -0.3 is 11.1 Å². The van der Waals surface area contributed by atoms with Gasteiger partial charge in [-0.3, -0.25) is 0 Å². The van der Waals surface area contributed by atoms with E-state index in [0.29, 0.717) is 10.7 Å². The van der Waals surface area contributed by atoms with Crippen molar-refractivity contribution in [2.24, 2.45) is 0 Å². The topological polar surface area (TPSA) is 63.8 Å². The third-order valence-electron chi connectivity index (χ3n) is 1.89. The number of hydrogen-bond acceptors (Lipinski definition) is 5. The molecule has 0 fully saturated rings. The van der Waals surface area contributed by atoms with Gasteiger partial charge >= 0.3 is 0 Å². The minimum Gasteiger partial charge on any atom is -0.367 e. The third kappa shape index (κ3) is 2.43. The van der Waals surface area contributed by atoms with Crippen LogP contribution in [0.1, 0.15) is 5.56 Å². The summed E-state index contributed by atoms with van der Waals surface area (Å²) in [6.07, 6.45) is 0. The molecule has 3 N–H and O–H groups in total. The van der Waals surface area contributed by atoms with Gasteiger partial charge in [-0.25, -0.2) is 8.78 Å². The molecule has 0 atom stereocenters. The molecule has 16 heavy (non-hydrogen) atoms. The summed E-state index contributed by atoms with van der Waals surface area (Å²) in [5.41, 5.74) is 5.68. The Kier molecular flexibility index (Phi) is 2.95. The van der Waals surface area contributed by atoms with Crippen LogP contribution in [-0.2, 0) is 6.54 Å². The molecule has 0 aliphatic carbocycles. The van der Waals surface area contributed by atoms with E-state index in [1.165, 1.54) is 12.1 Å². The van der Waals surface area contributed by atoms with Crippen molar-refractivity contribution in [2.75, 3.05) is 11.1 Å². The van der Waals surface area contributed by atoms with E-state index in [-0.39, 0.29) is 12.5 Å². The van der Waals surface area contributed by atoms with Gasteiger partial charge in [-0.2, -0.15) is 9.36 Å². The van der Waals surface area contributed by atoms with Gasteiger partial charge in [0.25, 0.3) is 0 Å². The van der Waals surface area contributed by atoms with E-state index in [0.717, 1.165) is 17.6 Å². The molecule has 1 heterocycles. The Labute approximate surface area is 94.3 Å². The van der Waals surface area contributed by atoms with Crippen molar-refractivity contribution in [3.63, 3.8) is 0 Å². The zero-order chi connectivity index (χ0) is 11.5. The lowest BCUT2D eigenvalue weighted by Gasteiger charge is -2.03. The lowest BCUT2D eigenvalue weighted by atomic mass is 10.2. The Morgan fingerprint density at radius 3 is 2.81 bits per heavy atom. The van der Waals surface area contributed by atoms with E-state index in [4.69, 9.17) is 5.73 Å². The first-order valence-electron chi connectivity index (χ1n) is 4.42. The van der Waals surface area contributed by atoms with Crippen molar-refractivity contribution in [1.29, 1.82) is 0 Å². The average molecular weight is 242 g/mol. The molecule has 0 amide bonds. The highest BCUT2D eigenvalue weighted by molar-refractivity contribution is 7.09. The van der Waals surface area contributed by atoms with Crippen molar-refractivity contribution < 1.29 is 8.78 Å². The Morgan fingerprint density at radius 2 is 2.19 bits per heavy atom. The predicted octanol–water partition coefficient (Wildman–Crippen LogP) is 2.01. The molecule has 7 heteroatoms. The second-order valence-electron chi connectivity index (χ2n) is 3.05. The molecule has 84 valence electrons. The van der Waals surface area contributed by atoms with E-state index < -0.39 is 11.6 Å². The summed E-state index contributed by atoms with van der Waals surface area (Å²) in [4.78, 5) is 3.85. The number of nitrogen functional groups attached to an aromatic ring is 1. The van der Waals surface area contributed by atoms with E-state index in [9.17, 15) is 8.78 Å². The molecule has 0 saturated carbocycles. The maximum atomic E-state index is 13.2. The highest BCUT2D eigenvalue weighted by Gasteiger charge is 2.05. The van der Waals surface area contributed by atoms with E-state index in [1.807, 2.05) is 0 Å². The first-order chi connectivity index (χ1) is 7.65. The molecule has 0 unspecified atom stereocenters. The molecule has 4 nitrogen and oxygen atoms in total. The van der Waals surface area contributed by atoms with Gasteiger partial charge in [0.2, 0.25) is 11.1 Å². The molecule has 2 rings (SSSR count). The first kappa shape index (κ1) is 10.7. The Balaban J connectivity index is 2.04. The number of aromatic nitrogens is 2. The van der Waals surface area contributed by atoms with Crippen LogP contribution in [0, 0.1) is 11.6 Å². The molecule has 0 radical (unpaired) electrons. The molecular weight excluding hydrogens is 234 g/mol. The molecule has 1 aromatic heterocycles. The zero-order valence-electron chi connectivity index (χ0n) is 8.08. The van der Waals surface area contributed by atoms with Crippen LogP contribution in [0.2, 0.25) is 0 Å². The summed E-state index contributed by atoms with van der Waals surface area (Å²) >= 11 is 1.08. The minimum absolute atomic E-state index is 0.173. The predicted molar refractivity (Wildman–Crippen MR) is 58.0 cm³/mol.